The fourth-order valence-electron chi connectivity index (χ4n) is 4.32. The Bertz CT molecular complexity index is 1150. The first-order valence-corrected chi connectivity index (χ1v) is 10.9. The number of nitrogens with zero attached hydrogens (tertiary/aromatic N) is 2. The van der Waals surface area contributed by atoms with Crippen molar-refractivity contribution >= 4 is 5.71 Å². The van der Waals surface area contributed by atoms with Gasteiger partial charge in [-0.05, 0) is 61.9 Å². The number of rotatable bonds is 6. The van der Waals surface area contributed by atoms with Gasteiger partial charge in [0.25, 0.3) is 0 Å². The summed E-state index contributed by atoms with van der Waals surface area (Å²) in [5.41, 5.74) is 3.72. The molecule has 3 aromatic rings. The predicted molar refractivity (Wildman–Crippen MR) is 121 cm³/mol. The lowest BCUT2D eigenvalue weighted by molar-refractivity contribution is -0.0214. The van der Waals surface area contributed by atoms with E-state index >= 15 is 0 Å². The molecule has 5 rings (SSSR count). The van der Waals surface area contributed by atoms with Crippen molar-refractivity contribution in [3.63, 3.8) is 0 Å². The van der Waals surface area contributed by atoms with E-state index in [1.165, 1.54) is 12.1 Å². The van der Waals surface area contributed by atoms with E-state index in [2.05, 4.69) is 0 Å². The van der Waals surface area contributed by atoms with Gasteiger partial charge in [-0.3, -0.25) is 0 Å². The third-order valence-corrected chi connectivity index (χ3v) is 5.71. The van der Waals surface area contributed by atoms with Crippen molar-refractivity contribution in [3.05, 3.63) is 89.2 Å². The molecule has 0 radical (unpaired) electrons. The van der Waals surface area contributed by atoms with Crippen molar-refractivity contribution in [1.82, 2.24) is 5.01 Å². The number of ether oxygens (including phenoxy) is 3. The Morgan fingerprint density at radius 2 is 1.78 bits per heavy atom. The zero-order valence-corrected chi connectivity index (χ0v) is 18.1. The molecule has 2 heterocycles. The van der Waals surface area contributed by atoms with Crippen LogP contribution in [0.4, 0.5) is 4.39 Å². The summed E-state index contributed by atoms with van der Waals surface area (Å²) in [6.45, 7) is 5.07. The Kier molecular flexibility index (Phi) is 5.43. The van der Waals surface area contributed by atoms with Gasteiger partial charge in [-0.2, -0.15) is 5.10 Å². The molecule has 0 unspecified atom stereocenters. The van der Waals surface area contributed by atoms with Crippen molar-refractivity contribution in [3.8, 4) is 17.2 Å². The first-order chi connectivity index (χ1) is 15.7. The maximum Gasteiger partial charge on any atom is 0.214 e. The quantitative estimate of drug-likeness (QED) is 0.489. The Morgan fingerprint density at radius 1 is 1.00 bits per heavy atom. The first kappa shape index (κ1) is 20.4. The molecule has 0 bridgehead atoms. The maximum atomic E-state index is 14.1. The summed E-state index contributed by atoms with van der Waals surface area (Å²) in [5.74, 6) is 1.93. The minimum Gasteiger partial charge on any atom is -0.494 e. The smallest absolute Gasteiger partial charge is 0.214 e. The third-order valence-electron chi connectivity index (χ3n) is 5.71. The molecule has 32 heavy (non-hydrogen) atoms. The van der Waals surface area contributed by atoms with Crippen LogP contribution in [0.5, 0.6) is 17.2 Å². The Balaban J connectivity index is 1.56. The lowest BCUT2D eigenvalue weighted by atomic mass is 9.95. The molecular weight excluding hydrogens is 407 g/mol. The number of halogens is 1. The highest BCUT2D eigenvalue weighted by Gasteiger charge is 2.42. The van der Waals surface area contributed by atoms with Crippen LogP contribution in [0.1, 0.15) is 49.2 Å². The normalized spacial score (nSPS) is 19.0. The van der Waals surface area contributed by atoms with E-state index < -0.39 is 6.23 Å². The van der Waals surface area contributed by atoms with Crippen molar-refractivity contribution < 1.29 is 18.6 Å². The van der Waals surface area contributed by atoms with Crippen molar-refractivity contribution in [2.75, 3.05) is 13.2 Å². The second-order valence-electron chi connectivity index (χ2n) is 7.74. The van der Waals surface area contributed by atoms with Gasteiger partial charge in [0.2, 0.25) is 6.23 Å². The number of hydrogen-bond acceptors (Lipinski definition) is 5. The average molecular weight is 432 g/mol. The Morgan fingerprint density at radius 3 is 2.53 bits per heavy atom. The summed E-state index contributed by atoms with van der Waals surface area (Å²) in [7, 11) is 0. The SMILES string of the molecule is CCOc1ccc(C2=NN3[C@@H](C2)c2cccc(OCC)c2O[C@H]3c2cccc(F)c2)cc1. The van der Waals surface area contributed by atoms with Crippen LogP contribution < -0.4 is 14.2 Å². The average Bonchev–Trinajstić information content (AvgIpc) is 3.25. The zero-order valence-electron chi connectivity index (χ0n) is 18.1. The molecule has 164 valence electrons. The molecule has 0 saturated heterocycles. The van der Waals surface area contributed by atoms with Crippen LogP contribution in [0.15, 0.2) is 71.8 Å². The molecular formula is C26H25FN2O3. The number of hydrogen-bond donors (Lipinski definition) is 0. The molecule has 0 amide bonds. The summed E-state index contributed by atoms with van der Waals surface area (Å²) in [4.78, 5) is 0. The summed E-state index contributed by atoms with van der Waals surface area (Å²) in [6, 6.07) is 20.4. The second kappa shape index (κ2) is 8.54. The molecule has 2 atom stereocenters. The molecule has 6 heteroatoms. The van der Waals surface area contributed by atoms with Crippen molar-refractivity contribution in [2.24, 2.45) is 5.10 Å². The Labute approximate surface area is 187 Å². The van der Waals surface area contributed by atoms with E-state index in [0.717, 1.165) is 22.6 Å². The molecule has 0 aliphatic carbocycles. The summed E-state index contributed by atoms with van der Waals surface area (Å²) in [5, 5.41) is 6.88. The minimum atomic E-state index is -0.551. The molecule has 0 fully saturated rings. The number of fused-ring (bicyclic) bond motifs is 3. The Hall–Kier alpha value is -3.54. The molecule has 2 aliphatic heterocycles. The standard InChI is InChI=1S/C26H25FN2O3/c1-3-30-20-13-11-17(12-14-20)22-16-23-21-9-6-10-24(31-4-2)25(21)32-26(29(23)28-22)18-7-5-8-19(27)15-18/h5-15,23,26H,3-4,16H2,1-2H3/t23-,26-/m0/s1. The van der Waals surface area contributed by atoms with Gasteiger partial charge in [-0.25, -0.2) is 9.40 Å². The van der Waals surface area contributed by atoms with Gasteiger partial charge in [-0.15, -0.1) is 0 Å². The van der Waals surface area contributed by atoms with Gasteiger partial charge < -0.3 is 14.2 Å². The molecule has 5 nitrogen and oxygen atoms in total. The number of para-hydroxylation sites is 1. The van der Waals surface area contributed by atoms with E-state index in [1.807, 2.05) is 67.4 Å². The van der Waals surface area contributed by atoms with Gasteiger partial charge >= 0.3 is 0 Å². The zero-order chi connectivity index (χ0) is 22.1. The second-order valence-corrected chi connectivity index (χ2v) is 7.74. The van der Waals surface area contributed by atoms with Gasteiger partial charge in [0, 0.05) is 17.5 Å². The van der Waals surface area contributed by atoms with Crippen molar-refractivity contribution in [2.45, 2.75) is 32.5 Å². The number of benzene rings is 3. The molecule has 0 saturated carbocycles. The van der Waals surface area contributed by atoms with E-state index in [9.17, 15) is 4.39 Å². The van der Waals surface area contributed by atoms with Crippen molar-refractivity contribution in [1.29, 1.82) is 0 Å². The van der Waals surface area contributed by atoms with Gasteiger partial charge in [0.15, 0.2) is 11.5 Å². The van der Waals surface area contributed by atoms with Crippen LogP contribution in [0.3, 0.4) is 0 Å². The van der Waals surface area contributed by atoms with E-state index in [0.29, 0.717) is 36.7 Å². The largest absolute Gasteiger partial charge is 0.494 e. The monoisotopic (exact) mass is 432 g/mol. The highest BCUT2D eigenvalue weighted by Crippen LogP contribution is 2.50. The first-order valence-electron chi connectivity index (χ1n) is 10.9. The molecule has 3 aromatic carbocycles. The summed E-state index contributed by atoms with van der Waals surface area (Å²) < 4.78 is 31.9. The van der Waals surface area contributed by atoms with Crippen LogP contribution in [0.2, 0.25) is 0 Å². The van der Waals surface area contributed by atoms with Crippen LogP contribution in [0.25, 0.3) is 0 Å². The summed E-state index contributed by atoms with van der Waals surface area (Å²) >= 11 is 0. The highest BCUT2D eigenvalue weighted by atomic mass is 19.1. The summed E-state index contributed by atoms with van der Waals surface area (Å²) in [6.07, 6.45) is 0.163. The lowest BCUT2D eigenvalue weighted by Crippen LogP contribution is -2.34. The minimum absolute atomic E-state index is 0.0333. The van der Waals surface area contributed by atoms with Gasteiger partial charge in [0.1, 0.15) is 11.6 Å². The number of hydrazone groups is 1. The van der Waals surface area contributed by atoms with Gasteiger partial charge in [0.05, 0.1) is 25.0 Å². The highest BCUT2D eigenvalue weighted by molar-refractivity contribution is 6.02. The van der Waals surface area contributed by atoms with E-state index in [1.54, 1.807) is 6.07 Å². The predicted octanol–water partition coefficient (Wildman–Crippen LogP) is 5.87. The molecule has 2 aliphatic rings. The lowest BCUT2D eigenvalue weighted by Gasteiger charge is -2.38. The molecule has 0 aromatic heterocycles. The van der Waals surface area contributed by atoms with Crippen LogP contribution in [-0.2, 0) is 0 Å². The third kappa shape index (κ3) is 3.66. The van der Waals surface area contributed by atoms with Gasteiger partial charge in [-0.1, -0.05) is 24.3 Å². The van der Waals surface area contributed by atoms with Crippen LogP contribution in [-0.4, -0.2) is 23.9 Å². The van der Waals surface area contributed by atoms with Crippen LogP contribution >= 0.6 is 0 Å². The molecule has 0 spiro atoms. The fraction of sp³-hybridized carbons (Fsp3) is 0.269. The van der Waals surface area contributed by atoms with E-state index in [4.69, 9.17) is 19.3 Å². The maximum absolute atomic E-state index is 14.1. The molecule has 0 N–H and O–H groups in total. The van der Waals surface area contributed by atoms with Crippen LogP contribution in [0, 0.1) is 5.82 Å². The topological polar surface area (TPSA) is 43.3 Å². The fourth-order valence-corrected chi connectivity index (χ4v) is 4.32. The van der Waals surface area contributed by atoms with E-state index in [-0.39, 0.29) is 11.9 Å².